The number of hydrogen-bond donors (Lipinski definition) is 4. The molecule has 35 heavy (non-hydrogen) atoms. The molecule has 0 unspecified atom stereocenters. The highest BCUT2D eigenvalue weighted by molar-refractivity contribution is 7.43. The van der Waals surface area contributed by atoms with Crippen LogP contribution in [-0.4, -0.2) is 71.3 Å². The first-order valence-electron chi connectivity index (χ1n) is 14.1. The van der Waals surface area contributed by atoms with Crippen LogP contribution in [0, 0.1) is 0 Å². The van der Waals surface area contributed by atoms with E-state index in [-0.39, 0.29) is 6.61 Å². The van der Waals surface area contributed by atoms with E-state index in [1.54, 1.807) is 0 Å². The monoisotopic (exact) mass is 528 g/mol. The highest BCUT2D eigenvalue weighted by Crippen LogP contribution is 2.24. The van der Waals surface area contributed by atoms with Gasteiger partial charge >= 0.3 is 0 Å². The Morgan fingerprint density at radius 1 is 0.600 bits per heavy atom. The third-order valence-electron chi connectivity index (χ3n) is 5.47. The van der Waals surface area contributed by atoms with E-state index in [0.29, 0.717) is 19.6 Å². The molecule has 0 rings (SSSR count). The first kappa shape index (κ1) is 39.5. The maximum atomic E-state index is 10.2. The van der Waals surface area contributed by atoms with Crippen molar-refractivity contribution >= 4 is 7.82 Å². The van der Waals surface area contributed by atoms with Crippen LogP contribution in [-0.2, 0) is 9.09 Å². The van der Waals surface area contributed by atoms with E-state index in [9.17, 15) is 14.4 Å². The molecule has 0 aliphatic heterocycles. The van der Waals surface area contributed by atoms with Crippen molar-refractivity contribution in [1.82, 2.24) is 0 Å². The Labute approximate surface area is 217 Å². The minimum atomic E-state index is -4.76. The summed E-state index contributed by atoms with van der Waals surface area (Å²) in [6, 6.07) is 0. The van der Waals surface area contributed by atoms with Gasteiger partial charge in [-0.05, 0) is 6.42 Å². The molecule has 0 saturated carbocycles. The zero-order chi connectivity index (χ0) is 27.2. The highest BCUT2D eigenvalue weighted by atomic mass is 31.2. The van der Waals surface area contributed by atoms with Crippen LogP contribution in [0.5, 0.6) is 0 Å². The minimum Gasteiger partial charge on any atom is -0.790 e. The molecular weight excluding hydrogens is 467 g/mol. The van der Waals surface area contributed by atoms with Crippen molar-refractivity contribution in [3.63, 3.8) is 0 Å². The minimum absolute atomic E-state index is 0.0444. The summed E-state index contributed by atoms with van der Waals surface area (Å²) in [6.07, 6.45) is 20.3. The van der Waals surface area contributed by atoms with E-state index in [2.05, 4.69) is 11.4 Å². The SMILES string of the molecule is CCCCCCCCCCCCCCCCCCOP(=O)([O-])[O-].C[NH+](C)CCO.C[NH+](C)CCO. The predicted molar refractivity (Wildman–Crippen MR) is 143 cm³/mol. The van der Waals surface area contributed by atoms with Crippen LogP contribution in [0.25, 0.3) is 0 Å². The second-order valence-corrected chi connectivity index (χ2v) is 11.1. The Bertz CT molecular complexity index is 413. The lowest BCUT2D eigenvalue weighted by atomic mass is 10.0. The number of likely N-dealkylation sites (N-methyl/N-ethyl adjacent to an activating group) is 2. The Morgan fingerprint density at radius 2 is 0.886 bits per heavy atom. The van der Waals surface area contributed by atoms with Crippen LogP contribution >= 0.6 is 7.82 Å². The fourth-order valence-electron chi connectivity index (χ4n) is 3.27. The van der Waals surface area contributed by atoms with Gasteiger partial charge in [-0.15, -0.1) is 0 Å². The average molecular weight is 529 g/mol. The number of phosphoric ester groups is 1. The lowest BCUT2D eigenvalue weighted by Gasteiger charge is -2.28. The maximum absolute atomic E-state index is 10.2. The predicted octanol–water partition coefficient (Wildman–Crippen LogP) is 1.34. The van der Waals surface area contributed by atoms with Crippen LogP contribution in [0.2, 0.25) is 0 Å². The van der Waals surface area contributed by atoms with Gasteiger partial charge in [0.1, 0.15) is 13.1 Å². The number of aliphatic hydroxyl groups excluding tert-OH is 2. The molecule has 4 N–H and O–H groups in total. The van der Waals surface area contributed by atoms with Gasteiger partial charge in [0.25, 0.3) is 0 Å². The third-order valence-corrected chi connectivity index (χ3v) is 5.97. The standard InChI is InChI=1S/C18H39O4P.2C4H11NO/c1-2-3-4-5-6-7-8-9-10-11-12-13-14-15-16-17-18-22-23(19,20)21;2*1-5(2)3-4-6/h2-18H2,1H3,(H2,19,20,21);2*6H,3-4H2,1-2H3. The molecule has 0 bridgehead atoms. The molecule has 0 aliphatic rings. The van der Waals surface area contributed by atoms with Crippen LogP contribution in [0.3, 0.4) is 0 Å². The zero-order valence-corrected chi connectivity index (χ0v) is 24.7. The van der Waals surface area contributed by atoms with Crippen molar-refractivity contribution in [3.05, 3.63) is 0 Å². The van der Waals surface area contributed by atoms with Gasteiger partial charge in [-0.25, -0.2) is 0 Å². The zero-order valence-electron chi connectivity index (χ0n) is 23.8. The fraction of sp³-hybridized carbons (Fsp3) is 1.00. The molecule has 0 fully saturated rings. The van der Waals surface area contributed by atoms with E-state index >= 15 is 0 Å². The molecule has 0 spiro atoms. The van der Waals surface area contributed by atoms with Gasteiger partial charge in [0.15, 0.2) is 0 Å². The molecule has 0 radical (unpaired) electrons. The molecule has 0 aromatic heterocycles. The van der Waals surface area contributed by atoms with E-state index in [1.165, 1.54) is 93.3 Å². The summed E-state index contributed by atoms with van der Waals surface area (Å²) >= 11 is 0. The number of rotatable bonds is 22. The molecule has 0 saturated heterocycles. The fourth-order valence-corrected chi connectivity index (χ4v) is 3.63. The first-order valence-corrected chi connectivity index (χ1v) is 15.5. The normalized spacial score (nSPS) is 11.3. The van der Waals surface area contributed by atoms with Crippen LogP contribution in [0.15, 0.2) is 0 Å². The lowest BCUT2D eigenvalue weighted by molar-refractivity contribution is -0.858. The van der Waals surface area contributed by atoms with Crippen molar-refractivity contribution in [2.24, 2.45) is 0 Å². The molecule has 8 nitrogen and oxygen atoms in total. The van der Waals surface area contributed by atoms with Gasteiger partial charge in [-0.1, -0.05) is 103 Å². The Morgan fingerprint density at radius 3 is 1.09 bits per heavy atom. The Hall–Kier alpha value is -0.0500. The van der Waals surface area contributed by atoms with E-state index < -0.39 is 7.82 Å². The average Bonchev–Trinajstić information content (AvgIpc) is 2.76. The van der Waals surface area contributed by atoms with E-state index in [0.717, 1.165) is 25.9 Å². The van der Waals surface area contributed by atoms with Gasteiger partial charge in [-0.2, -0.15) is 0 Å². The summed E-state index contributed by atoms with van der Waals surface area (Å²) in [5.74, 6) is 0. The van der Waals surface area contributed by atoms with Crippen molar-refractivity contribution in [3.8, 4) is 0 Å². The molecule has 0 atom stereocenters. The molecule has 0 aromatic carbocycles. The van der Waals surface area contributed by atoms with E-state index in [4.69, 9.17) is 10.2 Å². The number of unbranched alkanes of at least 4 members (excludes halogenated alkanes) is 15. The van der Waals surface area contributed by atoms with Gasteiger partial charge in [-0.3, -0.25) is 0 Å². The first-order chi connectivity index (χ1) is 16.6. The maximum Gasteiger partial charge on any atom is 0.100 e. The summed E-state index contributed by atoms with van der Waals surface area (Å²) in [5, 5.41) is 16.4. The summed E-state index contributed by atoms with van der Waals surface area (Å²) in [7, 11) is 3.29. The number of aliphatic hydroxyl groups is 2. The topological polar surface area (TPSA) is 122 Å². The summed E-state index contributed by atoms with van der Waals surface area (Å²) in [4.78, 5) is 23.1. The molecule has 9 heteroatoms. The molecular formula is C26H61N2O6P. The quantitative estimate of drug-likeness (QED) is 0.124. The van der Waals surface area contributed by atoms with Crippen LogP contribution in [0.4, 0.5) is 0 Å². The largest absolute Gasteiger partial charge is 0.790 e. The van der Waals surface area contributed by atoms with Crippen LogP contribution in [0.1, 0.15) is 110 Å². The number of nitrogens with one attached hydrogen (secondary N) is 2. The molecule has 216 valence electrons. The van der Waals surface area contributed by atoms with Gasteiger partial charge in [0.05, 0.1) is 55.8 Å². The van der Waals surface area contributed by atoms with Crippen LogP contribution < -0.4 is 19.6 Å². The number of phosphoric acid groups is 1. The Balaban J connectivity index is -0.000000697. The smallest absolute Gasteiger partial charge is 0.100 e. The molecule has 0 amide bonds. The van der Waals surface area contributed by atoms with Crippen molar-refractivity contribution in [2.45, 2.75) is 110 Å². The molecule has 0 aromatic rings. The molecule has 0 aliphatic carbocycles. The van der Waals surface area contributed by atoms with Gasteiger partial charge in [0, 0.05) is 0 Å². The van der Waals surface area contributed by atoms with Gasteiger partial charge in [0.2, 0.25) is 0 Å². The second-order valence-electron chi connectivity index (χ2n) is 9.95. The van der Waals surface area contributed by atoms with Gasteiger partial charge < -0.3 is 38.9 Å². The number of hydrogen-bond acceptors (Lipinski definition) is 6. The van der Waals surface area contributed by atoms with Crippen molar-refractivity contribution in [2.75, 3.05) is 61.1 Å². The summed E-state index contributed by atoms with van der Waals surface area (Å²) < 4.78 is 14.4. The third kappa shape index (κ3) is 51.5. The number of quaternary nitrogens is 2. The Kier molecular flexibility index (Phi) is 36.1. The summed E-state index contributed by atoms with van der Waals surface area (Å²) in [6.45, 7) is 4.59. The summed E-state index contributed by atoms with van der Waals surface area (Å²) in [5.41, 5.74) is 0. The van der Waals surface area contributed by atoms with Crippen molar-refractivity contribution in [1.29, 1.82) is 0 Å². The van der Waals surface area contributed by atoms with E-state index in [1.807, 2.05) is 28.2 Å². The van der Waals surface area contributed by atoms with Crippen molar-refractivity contribution < 1.29 is 38.9 Å². The lowest BCUT2D eigenvalue weighted by Crippen LogP contribution is -3.06. The highest BCUT2D eigenvalue weighted by Gasteiger charge is 1.95. The molecule has 0 heterocycles. The second kappa shape index (κ2) is 32.0.